The van der Waals surface area contributed by atoms with Crippen LogP contribution in [0, 0.1) is 31.9 Å². The predicted molar refractivity (Wildman–Crippen MR) is 352 cm³/mol. The zero-order valence-electron chi connectivity index (χ0n) is 51.8. The first-order valence-electron chi connectivity index (χ1n) is 29.8. The third-order valence-electron chi connectivity index (χ3n) is 15.6. The fourth-order valence-corrected chi connectivity index (χ4v) is 12.4. The molecule has 4 aromatic carbocycles. The molecule has 26 nitrogen and oxygen atoms in total. The van der Waals surface area contributed by atoms with Gasteiger partial charge in [0, 0.05) is 81.5 Å². The van der Waals surface area contributed by atoms with Gasteiger partial charge in [-0.05, 0) is 239 Å². The van der Waals surface area contributed by atoms with Crippen molar-refractivity contribution in [1.82, 2.24) is 71.0 Å². The lowest BCUT2D eigenvalue weighted by molar-refractivity contribution is -0.385. The van der Waals surface area contributed by atoms with Crippen molar-refractivity contribution >= 4 is 79.2 Å². The Morgan fingerprint density at radius 2 is 1.04 bits per heavy atom. The topological polar surface area (TPSA) is 363 Å². The quantitative estimate of drug-likeness (QED) is 0.0230. The number of piperidine rings is 2. The molecule has 30 heteroatoms. The average molecular weight is 1340 g/mol. The number of nitrogen functional groups attached to an aromatic ring is 3. The first-order valence-corrected chi connectivity index (χ1v) is 31.0. The van der Waals surface area contributed by atoms with E-state index in [1.807, 2.05) is 24.3 Å². The number of hydrogen-bond donors (Lipinski definition) is 8. The molecule has 11 N–H and O–H groups in total. The van der Waals surface area contributed by atoms with Gasteiger partial charge in [-0.1, -0.05) is 12.1 Å². The van der Waals surface area contributed by atoms with Crippen molar-refractivity contribution in [3.8, 4) is 11.4 Å². The molecule has 0 atom stereocenters. The van der Waals surface area contributed by atoms with Crippen molar-refractivity contribution in [2.75, 3.05) is 33.2 Å². The van der Waals surface area contributed by atoms with E-state index >= 15 is 0 Å². The summed E-state index contributed by atoms with van der Waals surface area (Å²) in [4.78, 5) is 35.8. The minimum Gasteiger partial charge on any atom is -0.399 e. The number of nitrogens with zero attached hydrogens (tertiary/aromatic N) is 14. The SMILES string of the molecule is CC1(C)CC(Nc2nc(Cl)ncc2F)CC(C)(C)N1.CC1(C)CC(Nc2nc(Nc3ccc(C4CC4)c(-n4cnnn4)c3)ncc2F)CC(C)(C)N1.Nc1cc([N+](=O)[O-])ccc1Br.Nc1cc([N+](=O)[O-])ccc1C1CC1.Nc1ccc(C2CC2)c(-n2cnnn2)c1.[HH]. The molecule has 0 spiro atoms. The van der Waals surface area contributed by atoms with Gasteiger partial charge in [0.1, 0.15) is 12.7 Å². The van der Waals surface area contributed by atoms with Crippen LogP contribution in [-0.4, -0.2) is 104 Å². The zero-order valence-corrected chi connectivity index (χ0v) is 54.2. The third kappa shape index (κ3) is 19.0. The minimum atomic E-state index is -0.483. The van der Waals surface area contributed by atoms with Gasteiger partial charge in [0.05, 0.1) is 39.3 Å². The van der Waals surface area contributed by atoms with Crippen LogP contribution in [0.15, 0.2) is 102 Å². The first-order chi connectivity index (χ1) is 43.0. The Labute approximate surface area is 540 Å². The Kier molecular flexibility index (Phi) is 20.4. The summed E-state index contributed by atoms with van der Waals surface area (Å²) in [5.41, 5.74) is 24.8. The van der Waals surface area contributed by atoms with E-state index in [-0.39, 0.29) is 64.0 Å². The molecule has 0 amide bonds. The van der Waals surface area contributed by atoms with E-state index in [2.05, 4.69) is 161 Å². The summed E-state index contributed by atoms with van der Waals surface area (Å²) in [6.45, 7) is 17.2. The maximum atomic E-state index is 14.6. The van der Waals surface area contributed by atoms with Crippen molar-refractivity contribution in [3.63, 3.8) is 0 Å². The molecule has 91 heavy (non-hydrogen) atoms. The molecule has 5 aliphatic rings. The van der Waals surface area contributed by atoms with Crippen molar-refractivity contribution in [2.45, 2.75) is 172 Å². The summed E-state index contributed by atoms with van der Waals surface area (Å²) in [5.74, 6) is 1.51. The molecule has 6 heterocycles. The van der Waals surface area contributed by atoms with Gasteiger partial charge in [0.15, 0.2) is 23.3 Å². The molecule has 0 bridgehead atoms. The lowest BCUT2D eigenvalue weighted by atomic mass is 9.79. The Hall–Kier alpha value is -8.67. The normalized spacial score (nSPS) is 17.8. The van der Waals surface area contributed by atoms with Gasteiger partial charge >= 0.3 is 0 Å². The van der Waals surface area contributed by atoms with Crippen LogP contribution < -0.4 is 43.8 Å². The standard InChI is InChI=1S/C23H30FN9.C13H20ClFN4.C10H11N5.C9H10N2O2.C6H5BrN2O2.H2/c1-22(2)10-16(11-23(3,4)30-22)27-20-18(24)12-25-21(29-20)28-15-7-8-17(14-5-6-14)19(9-15)33-13-26-31-32-33;1-12(2)5-8(6-13(3,4)19-12)17-10-9(15)7-16-11(14)18-10;11-8-3-4-9(7-1-2-7)10(5-8)15-6-12-13-14-15;10-9-5-7(11(12)13)3-4-8(9)6-1-2-6;7-5-2-1-4(9(10)11)3-6(5)8;/h7-9,12-14,16,30H,5-6,10-11H2,1-4H3,(H2,25,27,28,29);7-8,19H,5-6H2,1-4H3,(H,16,17,18);3-7H,1-2,11H2;3-6H,1-2,10H2;1-3H,8H2;1H. The largest absolute Gasteiger partial charge is 0.399 e. The number of nitro groups is 2. The molecule has 4 aromatic heterocycles. The maximum absolute atomic E-state index is 14.6. The number of rotatable bonds is 13. The Morgan fingerprint density at radius 1 is 0.604 bits per heavy atom. The van der Waals surface area contributed by atoms with Crippen LogP contribution in [0.4, 0.5) is 60.5 Å². The summed E-state index contributed by atoms with van der Waals surface area (Å²) in [5, 5.41) is 60.3. The molecule has 13 rings (SSSR count). The number of nitrogens with one attached hydrogen (secondary N) is 5. The zero-order chi connectivity index (χ0) is 65.6. The second-order valence-corrected chi connectivity index (χ2v) is 27.3. The van der Waals surface area contributed by atoms with E-state index in [0.29, 0.717) is 39.5 Å². The molecule has 2 saturated heterocycles. The van der Waals surface area contributed by atoms with Crippen molar-refractivity contribution in [2.24, 2.45) is 0 Å². The van der Waals surface area contributed by atoms with Gasteiger partial charge in [-0.15, -0.1) is 10.2 Å². The Bertz CT molecular complexity index is 3830. The molecular formula is C61H78BrClF2N22O4. The van der Waals surface area contributed by atoms with Crippen LogP contribution in [-0.2, 0) is 0 Å². The first kappa shape index (κ1) is 66.7. The van der Waals surface area contributed by atoms with Gasteiger partial charge in [-0.25, -0.2) is 28.1 Å². The highest BCUT2D eigenvalue weighted by molar-refractivity contribution is 9.10. The van der Waals surface area contributed by atoms with Crippen LogP contribution in [0.1, 0.15) is 155 Å². The molecule has 8 aromatic rings. The average Bonchev–Trinajstić information content (AvgIpc) is 0.929. The second-order valence-electron chi connectivity index (χ2n) is 26.1. The van der Waals surface area contributed by atoms with Gasteiger partial charge in [0.25, 0.3) is 11.4 Å². The molecule has 5 fully saturated rings. The molecule has 2 aliphatic heterocycles. The highest BCUT2D eigenvalue weighted by Gasteiger charge is 2.40. The van der Waals surface area contributed by atoms with E-state index < -0.39 is 21.5 Å². The summed E-state index contributed by atoms with van der Waals surface area (Å²) in [6, 6.07) is 21.2. The van der Waals surface area contributed by atoms with Crippen LogP contribution in [0.2, 0.25) is 5.28 Å². The summed E-state index contributed by atoms with van der Waals surface area (Å²) < 4.78 is 32.2. The lowest BCUT2D eigenvalue weighted by Crippen LogP contribution is -2.60. The number of nitro benzene ring substituents is 2. The number of non-ortho nitro benzene ring substituents is 2. The van der Waals surface area contributed by atoms with Crippen molar-refractivity contribution in [1.29, 1.82) is 0 Å². The fraction of sp³-hybridized carbons (Fsp3) is 0.443. The van der Waals surface area contributed by atoms with E-state index in [1.54, 1.807) is 34.2 Å². The third-order valence-corrected chi connectivity index (χ3v) is 16.5. The smallest absolute Gasteiger partial charge is 0.271 e. The number of benzene rings is 4. The second kappa shape index (κ2) is 27.8. The van der Waals surface area contributed by atoms with Gasteiger partial charge in [-0.2, -0.15) is 9.97 Å². The summed E-state index contributed by atoms with van der Waals surface area (Å²) in [7, 11) is 0. The molecule has 3 aliphatic carbocycles. The van der Waals surface area contributed by atoms with Crippen LogP contribution >= 0.6 is 27.5 Å². The molecular weight excluding hydrogens is 1260 g/mol. The number of anilines is 7. The van der Waals surface area contributed by atoms with E-state index in [9.17, 15) is 29.0 Å². The highest BCUT2D eigenvalue weighted by atomic mass is 79.9. The predicted octanol–water partition coefficient (Wildman–Crippen LogP) is 12.3. The monoisotopic (exact) mass is 1330 g/mol. The van der Waals surface area contributed by atoms with Crippen molar-refractivity contribution in [3.05, 3.63) is 156 Å². The van der Waals surface area contributed by atoms with Crippen LogP contribution in [0.5, 0.6) is 0 Å². The molecule has 484 valence electrons. The number of tetrazole rings is 2. The fourth-order valence-electron chi connectivity index (χ4n) is 12.0. The lowest BCUT2D eigenvalue weighted by Gasteiger charge is -2.46. The Morgan fingerprint density at radius 3 is 1.51 bits per heavy atom. The highest BCUT2D eigenvalue weighted by Crippen LogP contribution is 2.45. The number of nitrogens with two attached hydrogens (primary N) is 3. The van der Waals surface area contributed by atoms with E-state index in [0.717, 1.165) is 73.0 Å². The number of aromatic nitrogens is 12. The van der Waals surface area contributed by atoms with Gasteiger partial charge in [0.2, 0.25) is 11.2 Å². The van der Waals surface area contributed by atoms with Crippen LogP contribution in [0.3, 0.4) is 0 Å². The molecule has 0 radical (unpaired) electrons. The summed E-state index contributed by atoms with van der Waals surface area (Å²) in [6.07, 6.45) is 16.1. The summed E-state index contributed by atoms with van der Waals surface area (Å²) >= 11 is 8.84. The van der Waals surface area contributed by atoms with E-state index in [4.69, 9.17) is 28.8 Å². The maximum Gasteiger partial charge on any atom is 0.271 e. The van der Waals surface area contributed by atoms with Gasteiger partial charge < -0.3 is 43.8 Å². The minimum absolute atomic E-state index is 0. The van der Waals surface area contributed by atoms with Gasteiger partial charge in [-0.3, -0.25) is 20.2 Å². The number of halogens is 4. The van der Waals surface area contributed by atoms with E-state index in [1.165, 1.54) is 67.3 Å². The number of hydrogen-bond acceptors (Lipinski definition) is 22. The Balaban J connectivity index is 0.000000158. The van der Waals surface area contributed by atoms with Crippen molar-refractivity contribution < 1.29 is 20.1 Å². The molecule has 3 saturated carbocycles. The molecule has 0 unspecified atom stereocenters. The van der Waals surface area contributed by atoms with Crippen LogP contribution in [0.25, 0.3) is 11.4 Å².